The minimum absolute atomic E-state index is 0.0166. The second-order valence-electron chi connectivity index (χ2n) is 8.15. The van der Waals surface area contributed by atoms with E-state index in [1.165, 1.54) is 0 Å². The number of nitrogens with one attached hydrogen (secondary N) is 1. The third kappa shape index (κ3) is 4.28. The highest BCUT2D eigenvalue weighted by Crippen LogP contribution is 2.33. The standard InChI is InChI=1S/C23H26N4O5/c28-22(26-8-1-2-9-26)19-13-18(32-17-4-3-7-24-14-17)15-27(19)23(29)25-16-5-6-20-21(12-16)31-11-10-30-20/h3-7,12,14,18-19H,1-2,8-11,13,15H2,(H,25,29)/t18-,19-/m0/s1. The van der Waals surface area contributed by atoms with Crippen molar-refractivity contribution in [2.45, 2.75) is 31.4 Å². The summed E-state index contributed by atoms with van der Waals surface area (Å²) in [6.07, 6.45) is 5.46. The van der Waals surface area contributed by atoms with Crippen molar-refractivity contribution in [3.05, 3.63) is 42.7 Å². The first kappa shape index (κ1) is 20.4. The highest BCUT2D eigenvalue weighted by Gasteiger charge is 2.43. The van der Waals surface area contributed by atoms with Crippen molar-refractivity contribution < 1.29 is 23.8 Å². The Hall–Kier alpha value is -3.49. The van der Waals surface area contributed by atoms with Crippen LogP contribution in [-0.4, -0.2) is 71.7 Å². The molecule has 3 aliphatic heterocycles. The fourth-order valence-electron chi connectivity index (χ4n) is 4.42. The molecule has 1 aromatic carbocycles. The summed E-state index contributed by atoms with van der Waals surface area (Å²) in [5, 5.41) is 2.91. The van der Waals surface area contributed by atoms with Crippen LogP contribution in [-0.2, 0) is 4.79 Å². The van der Waals surface area contributed by atoms with Gasteiger partial charge in [-0.2, -0.15) is 0 Å². The minimum Gasteiger partial charge on any atom is -0.487 e. The summed E-state index contributed by atoms with van der Waals surface area (Å²) in [6, 6.07) is 8.00. The molecule has 1 N–H and O–H groups in total. The summed E-state index contributed by atoms with van der Waals surface area (Å²) in [5.41, 5.74) is 0.586. The van der Waals surface area contributed by atoms with Crippen LogP contribution in [0, 0.1) is 0 Å². The number of hydrogen-bond acceptors (Lipinski definition) is 6. The first-order valence-electron chi connectivity index (χ1n) is 11.0. The van der Waals surface area contributed by atoms with Crippen LogP contribution in [0.5, 0.6) is 17.2 Å². The van der Waals surface area contributed by atoms with Gasteiger partial charge in [0.2, 0.25) is 5.91 Å². The SMILES string of the molecule is O=C([C@@H]1C[C@H](Oc2cccnc2)CN1C(=O)Nc1ccc2c(c1)OCCO2)N1CCCC1. The van der Waals surface area contributed by atoms with E-state index in [0.717, 1.165) is 25.9 Å². The van der Waals surface area contributed by atoms with E-state index in [0.29, 0.717) is 49.1 Å². The van der Waals surface area contributed by atoms with E-state index < -0.39 is 6.04 Å². The number of amides is 3. The van der Waals surface area contributed by atoms with Crippen LogP contribution < -0.4 is 19.5 Å². The highest BCUT2D eigenvalue weighted by molar-refractivity contribution is 5.94. The zero-order chi connectivity index (χ0) is 21.9. The van der Waals surface area contributed by atoms with Crippen molar-refractivity contribution >= 4 is 17.6 Å². The number of carbonyl (C=O) groups is 2. The van der Waals surface area contributed by atoms with Gasteiger partial charge in [-0.15, -0.1) is 0 Å². The molecule has 3 aliphatic rings. The Morgan fingerprint density at radius 3 is 2.69 bits per heavy atom. The maximum absolute atomic E-state index is 13.2. The quantitative estimate of drug-likeness (QED) is 0.789. The topological polar surface area (TPSA) is 93.2 Å². The first-order valence-corrected chi connectivity index (χ1v) is 11.0. The minimum atomic E-state index is -0.563. The van der Waals surface area contributed by atoms with Crippen molar-refractivity contribution in [3.8, 4) is 17.2 Å². The van der Waals surface area contributed by atoms with Gasteiger partial charge in [0.05, 0.1) is 12.7 Å². The van der Waals surface area contributed by atoms with Crippen molar-refractivity contribution in [1.29, 1.82) is 0 Å². The molecule has 0 radical (unpaired) electrons. The molecule has 32 heavy (non-hydrogen) atoms. The smallest absolute Gasteiger partial charge is 0.322 e. The number of fused-ring (bicyclic) bond motifs is 1. The van der Waals surface area contributed by atoms with Crippen LogP contribution in [0.4, 0.5) is 10.5 Å². The summed E-state index contributed by atoms with van der Waals surface area (Å²) in [6.45, 7) is 2.76. The maximum Gasteiger partial charge on any atom is 0.322 e. The van der Waals surface area contributed by atoms with E-state index in [2.05, 4.69) is 10.3 Å². The predicted octanol–water partition coefficient (Wildman–Crippen LogP) is 2.53. The molecule has 4 heterocycles. The Morgan fingerprint density at radius 1 is 1.09 bits per heavy atom. The molecule has 3 amide bonds. The number of likely N-dealkylation sites (tertiary alicyclic amines) is 2. The van der Waals surface area contributed by atoms with Crippen LogP contribution in [0.15, 0.2) is 42.7 Å². The van der Waals surface area contributed by atoms with Crippen molar-refractivity contribution in [2.75, 3.05) is 38.2 Å². The van der Waals surface area contributed by atoms with Crippen molar-refractivity contribution in [2.24, 2.45) is 0 Å². The molecular formula is C23H26N4O5. The molecule has 2 atom stereocenters. The van der Waals surface area contributed by atoms with Crippen LogP contribution in [0.1, 0.15) is 19.3 Å². The zero-order valence-electron chi connectivity index (χ0n) is 17.7. The number of pyridine rings is 1. The van der Waals surface area contributed by atoms with Gasteiger partial charge in [-0.25, -0.2) is 4.79 Å². The van der Waals surface area contributed by atoms with Crippen molar-refractivity contribution in [1.82, 2.24) is 14.8 Å². The lowest BCUT2D eigenvalue weighted by Gasteiger charge is -2.27. The van der Waals surface area contributed by atoms with Gasteiger partial charge in [0.25, 0.3) is 0 Å². The zero-order valence-corrected chi connectivity index (χ0v) is 17.7. The molecule has 2 fully saturated rings. The Balaban J connectivity index is 1.32. The van der Waals surface area contributed by atoms with E-state index >= 15 is 0 Å². The number of nitrogens with zero attached hydrogens (tertiary/aromatic N) is 3. The van der Waals surface area contributed by atoms with E-state index in [1.807, 2.05) is 11.0 Å². The number of aromatic nitrogens is 1. The normalized spacial score (nSPS) is 22.0. The lowest BCUT2D eigenvalue weighted by molar-refractivity contribution is -0.134. The molecule has 1 aromatic heterocycles. The summed E-state index contributed by atoms with van der Waals surface area (Å²) in [5.74, 6) is 1.86. The fourth-order valence-corrected chi connectivity index (χ4v) is 4.42. The van der Waals surface area contributed by atoms with Gasteiger partial charge >= 0.3 is 6.03 Å². The largest absolute Gasteiger partial charge is 0.487 e. The van der Waals surface area contributed by atoms with Gasteiger partial charge in [0.15, 0.2) is 11.5 Å². The summed E-state index contributed by atoms with van der Waals surface area (Å²) in [4.78, 5) is 33.9. The lowest BCUT2D eigenvalue weighted by atomic mass is 10.1. The third-order valence-corrected chi connectivity index (χ3v) is 5.96. The van der Waals surface area contributed by atoms with Crippen LogP contribution in [0.3, 0.4) is 0 Å². The third-order valence-electron chi connectivity index (χ3n) is 5.96. The molecule has 0 bridgehead atoms. The second kappa shape index (κ2) is 8.94. The van der Waals surface area contributed by atoms with E-state index in [9.17, 15) is 9.59 Å². The number of carbonyl (C=O) groups excluding carboxylic acids is 2. The van der Waals surface area contributed by atoms with E-state index in [1.54, 1.807) is 41.6 Å². The molecule has 0 unspecified atom stereocenters. The molecule has 168 valence electrons. The first-order chi connectivity index (χ1) is 15.7. The molecule has 9 heteroatoms. The van der Waals surface area contributed by atoms with Crippen LogP contribution in [0.2, 0.25) is 0 Å². The molecule has 2 saturated heterocycles. The molecular weight excluding hydrogens is 412 g/mol. The van der Waals surface area contributed by atoms with Gasteiger partial charge in [-0.3, -0.25) is 9.78 Å². The number of ether oxygens (including phenoxy) is 3. The number of hydrogen-bond donors (Lipinski definition) is 1. The second-order valence-corrected chi connectivity index (χ2v) is 8.15. The monoisotopic (exact) mass is 438 g/mol. The van der Waals surface area contributed by atoms with E-state index in [4.69, 9.17) is 14.2 Å². The number of benzene rings is 1. The Labute approximate surface area is 186 Å². The average Bonchev–Trinajstić information content (AvgIpc) is 3.50. The predicted molar refractivity (Wildman–Crippen MR) is 116 cm³/mol. The van der Waals surface area contributed by atoms with Gasteiger partial charge in [0.1, 0.15) is 31.1 Å². The summed E-state index contributed by atoms with van der Waals surface area (Å²) >= 11 is 0. The molecule has 9 nitrogen and oxygen atoms in total. The molecule has 5 rings (SSSR count). The van der Waals surface area contributed by atoms with Crippen LogP contribution >= 0.6 is 0 Å². The van der Waals surface area contributed by atoms with E-state index in [-0.39, 0.29) is 18.0 Å². The molecule has 0 spiro atoms. The molecule has 0 saturated carbocycles. The maximum atomic E-state index is 13.2. The Morgan fingerprint density at radius 2 is 1.91 bits per heavy atom. The highest BCUT2D eigenvalue weighted by atomic mass is 16.6. The fraction of sp³-hybridized carbons (Fsp3) is 0.435. The number of rotatable bonds is 4. The summed E-state index contributed by atoms with van der Waals surface area (Å²) in [7, 11) is 0. The van der Waals surface area contributed by atoms with Gasteiger partial charge < -0.3 is 29.3 Å². The van der Waals surface area contributed by atoms with Gasteiger partial charge in [0, 0.05) is 37.5 Å². The van der Waals surface area contributed by atoms with Gasteiger partial charge in [-0.1, -0.05) is 0 Å². The summed E-state index contributed by atoms with van der Waals surface area (Å²) < 4.78 is 17.2. The Bertz CT molecular complexity index is 980. The molecule has 0 aliphatic carbocycles. The average molecular weight is 438 g/mol. The number of urea groups is 1. The Kier molecular flexibility index (Phi) is 5.70. The lowest BCUT2D eigenvalue weighted by Crippen LogP contribution is -2.48. The van der Waals surface area contributed by atoms with Gasteiger partial charge in [-0.05, 0) is 37.1 Å². The number of anilines is 1. The van der Waals surface area contributed by atoms with Crippen molar-refractivity contribution in [3.63, 3.8) is 0 Å². The van der Waals surface area contributed by atoms with Crippen LogP contribution in [0.25, 0.3) is 0 Å². The molecule has 2 aromatic rings.